The highest BCUT2D eigenvalue weighted by molar-refractivity contribution is 7.30. The van der Waals surface area contributed by atoms with E-state index in [4.69, 9.17) is 19.1 Å². The van der Waals surface area contributed by atoms with Crippen molar-refractivity contribution in [1.82, 2.24) is 0 Å². The van der Waals surface area contributed by atoms with Crippen LogP contribution in [0.1, 0.15) is 78.1 Å². The molecule has 0 aromatic carbocycles. The third-order valence-corrected chi connectivity index (χ3v) is 2.78. The molecule has 0 heterocycles. The molecular weight excluding hydrogens is 287 g/mol. The Morgan fingerprint density at radius 1 is 0.762 bits per heavy atom. The van der Waals surface area contributed by atoms with Gasteiger partial charge in [-0.25, -0.2) is 0 Å². The maximum absolute atomic E-state index is 8.74. The summed E-state index contributed by atoms with van der Waals surface area (Å²) in [6.45, 7) is 12.5. The molecule has 0 bridgehead atoms. The van der Waals surface area contributed by atoms with E-state index in [1.54, 1.807) is 0 Å². The Kier molecular flexibility index (Phi) is 34.5. The highest BCUT2D eigenvalue weighted by Gasteiger charge is 1.91. The van der Waals surface area contributed by atoms with Crippen LogP contribution in [-0.4, -0.2) is 23.0 Å². The van der Waals surface area contributed by atoms with Crippen molar-refractivity contribution >= 4 is 8.25 Å². The fourth-order valence-electron chi connectivity index (χ4n) is 1.72. The Morgan fingerprint density at radius 2 is 1.05 bits per heavy atom. The van der Waals surface area contributed by atoms with E-state index < -0.39 is 8.25 Å². The van der Waals surface area contributed by atoms with Gasteiger partial charge in [-0.05, 0) is 12.8 Å². The fourth-order valence-corrected chi connectivity index (χ4v) is 1.72. The minimum Gasteiger partial charge on any atom is -0.381 e. The number of hydrogen-bond donors (Lipinski definition) is 2. The van der Waals surface area contributed by atoms with Gasteiger partial charge in [0, 0.05) is 13.2 Å². The summed E-state index contributed by atoms with van der Waals surface area (Å²) in [5.74, 6) is 0. The first-order valence-electron chi connectivity index (χ1n) is 8.14. The molecule has 0 aliphatic carbocycles. The van der Waals surface area contributed by atoms with Crippen LogP contribution in [-0.2, 0) is 9.30 Å². The number of ether oxygens (including phenoxy) is 1. The van der Waals surface area contributed by atoms with Crippen LogP contribution in [0.5, 0.6) is 0 Å². The van der Waals surface area contributed by atoms with E-state index in [9.17, 15) is 0 Å². The van der Waals surface area contributed by atoms with Crippen molar-refractivity contribution in [3.63, 3.8) is 0 Å². The van der Waals surface area contributed by atoms with Crippen LogP contribution in [0.2, 0.25) is 0 Å². The number of unbranched alkanes of at least 4 members (excludes halogenated alkanes) is 8. The van der Waals surface area contributed by atoms with E-state index in [1.807, 2.05) is 0 Å². The molecule has 0 saturated carbocycles. The summed E-state index contributed by atoms with van der Waals surface area (Å²) in [6.07, 6.45) is 13.5. The molecular formula is C16H37O4P. The molecule has 2 N–H and O–H groups in total. The maximum Gasteiger partial charge on any atom is 0.314 e. The first-order valence-corrected chi connectivity index (χ1v) is 9.45. The van der Waals surface area contributed by atoms with Crippen LogP contribution in [0.25, 0.3) is 0 Å². The van der Waals surface area contributed by atoms with Gasteiger partial charge >= 0.3 is 8.25 Å². The van der Waals surface area contributed by atoms with Crippen LogP contribution < -0.4 is 0 Å². The van der Waals surface area contributed by atoms with Crippen LogP contribution in [0.4, 0.5) is 0 Å². The summed E-state index contributed by atoms with van der Waals surface area (Å²) >= 11 is 0. The Morgan fingerprint density at radius 3 is 1.48 bits per heavy atom. The van der Waals surface area contributed by atoms with Gasteiger partial charge in [0.15, 0.2) is 0 Å². The monoisotopic (exact) mass is 324 g/mol. The Labute approximate surface area is 132 Å². The lowest BCUT2D eigenvalue weighted by Crippen LogP contribution is -1.96. The topological polar surface area (TPSA) is 66.8 Å². The molecule has 0 atom stereocenters. The number of hydrogen-bond acceptors (Lipinski definition) is 2. The largest absolute Gasteiger partial charge is 0.381 e. The van der Waals surface area contributed by atoms with Crippen LogP contribution >= 0.6 is 8.25 Å². The predicted molar refractivity (Wildman–Crippen MR) is 93.0 cm³/mol. The van der Waals surface area contributed by atoms with Crippen molar-refractivity contribution in [1.29, 1.82) is 0 Å². The summed E-state index contributed by atoms with van der Waals surface area (Å²) in [4.78, 5) is 14.3. The average molecular weight is 324 g/mol. The van der Waals surface area contributed by atoms with Gasteiger partial charge in [0.25, 0.3) is 0 Å². The third kappa shape index (κ3) is 45.0. The molecule has 0 aromatic heterocycles. The maximum atomic E-state index is 8.74. The van der Waals surface area contributed by atoms with Gasteiger partial charge in [-0.1, -0.05) is 65.2 Å². The molecule has 0 saturated heterocycles. The van der Waals surface area contributed by atoms with Gasteiger partial charge in [0.05, 0.1) is 0 Å². The van der Waals surface area contributed by atoms with Crippen molar-refractivity contribution < 1.29 is 19.1 Å². The van der Waals surface area contributed by atoms with E-state index in [2.05, 4.69) is 27.0 Å². The molecule has 4 nitrogen and oxygen atoms in total. The standard InChI is InChI=1S/C14H30O.C2H4.H3O3P/c1-3-5-7-8-9-10-12-14-15-13-11-6-4-2;1-2;1-4(2)3/h3-14H2,1-2H3;1-2H2;4H,(H2,1,2,3). The molecule has 0 spiro atoms. The van der Waals surface area contributed by atoms with Crippen molar-refractivity contribution in [3.8, 4) is 0 Å². The first kappa shape index (κ1) is 25.8. The lowest BCUT2D eigenvalue weighted by Gasteiger charge is -2.03. The second-order valence-electron chi connectivity index (χ2n) is 4.72. The van der Waals surface area contributed by atoms with Gasteiger partial charge in [-0.3, -0.25) is 4.57 Å². The third-order valence-electron chi connectivity index (χ3n) is 2.78. The van der Waals surface area contributed by atoms with Crippen molar-refractivity contribution in [3.05, 3.63) is 13.2 Å². The summed E-state index contributed by atoms with van der Waals surface area (Å²) < 4.78 is 14.3. The molecule has 21 heavy (non-hydrogen) atoms. The van der Waals surface area contributed by atoms with E-state index in [0.29, 0.717) is 0 Å². The average Bonchev–Trinajstić information content (AvgIpc) is 2.46. The summed E-state index contributed by atoms with van der Waals surface area (Å²) in [5, 5.41) is 0. The van der Waals surface area contributed by atoms with Crippen molar-refractivity contribution in [2.24, 2.45) is 0 Å². The molecule has 0 aliphatic heterocycles. The van der Waals surface area contributed by atoms with Gasteiger partial charge < -0.3 is 14.5 Å². The van der Waals surface area contributed by atoms with E-state index in [1.165, 1.54) is 64.2 Å². The second-order valence-corrected chi connectivity index (χ2v) is 5.29. The van der Waals surface area contributed by atoms with Crippen molar-refractivity contribution in [2.45, 2.75) is 78.1 Å². The highest BCUT2D eigenvalue weighted by atomic mass is 31.1. The van der Waals surface area contributed by atoms with Crippen molar-refractivity contribution in [2.75, 3.05) is 13.2 Å². The van der Waals surface area contributed by atoms with E-state index in [0.717, 1.165) is 13.2 Å². The van der Waals surface area contributed by atoms with Crippen LogP contribution in [0.3, 0.4) is 0 Å². The zero-order chi connectivity index (χ0) is 16.8. The Balaban J connectivity index is -0.000000461. The Bertz CT molecular complexity index is 173. The minimum atomic E-state index is -3.13. The van der Waals surface area contributed by atoms with Crippen LogP contribution in [0, 0.1) is 0 Å². The van der Waals surface area contributed by atoms with Gasteiger partial charge in [-0.15, -0.1) is 13.2 Å². The highest BCUT2D eigenvalue weighted by Crippen LogP contribution is 2.07. The van der Waals surface area contributed by atoms with E-state index in [-0.39, 0.29) is 0 Å². The zero-order valence-corrected chi connectivity index (χ0v) is 15.1. The second kappa shape index (κ2) is 28.1. The lowest BCUT2D eigenvalue weighted by molar-refractivity contribution is 0.126. The quantitative estimate of drug-likeness (QED) is 0.297. The Hall–Kier alpha value is -0.150. The fraction of sp³-hybridized carbons (Fsp3) is 0.875. The molecule has 0 rings (SSSR count). The van der Waals surface area contributed by atoms with Gasteiger partial charge in [-0.2, -0.15) is 0 Å². The molecule has 0 aromatic rings. The zero-order valence-electron chi connectivity index (χ0n) is 14.1. The SMILES string of the molecule is C=C.CCCCCCCCCOCCCCC.O=[PH](O)O. The molecule has 0 fully saturated rings. The predicted octanol–water partition coefficient (Wildman–Crippen LogP) is 5.11. The molecule has 130 valence electrons. The molecule has 0 amide bonds. The lowest BCUT2D eigenvalue weighted by atomic mass is 10.1. The number of rotatable bonds is 12. The molecule has 0 unspecified atom stereocenters. The minimum absolute atomic E-state index is 0.976. The normalized spacial score (nSPS) is 9.57. The molecule has 0 aliphatic rings. The van der Waals surface area contributed by atoms with Gasteiger partial charge in [0.2, 0.25) is 0 Å². The van der Waals surface area contributed by atoms with Crippen LogP contribution in [0.15, 0.2) is 13.2 Å². The first-order chi connectivity index (χ1) is 10.1. The van der Waals surface area contributed by atoms with E-state index >= 15 is 0 Å². The summed E-state index contributed by atoms with van der Waals surface area (Å²) in [5.41, 5.74) is 0. The van der Waals surface area contributed by atoms with Gasteiger partial charge in [0.1, 0.15) is 0 Å². The molecule has 5 heteroatoms. The summed E-state index contributed by atoms with van der Waals surface area (Å²) in [6, 6.07) is 0. The smallest absolute Gasteiger partial charge is 0.314 e. The molecule has 0 radical (unpaired) electrons. The summed E-state index contributed by atoms with van der Waals surface area (Å²) in [7, 11) is -3.13.